The molecule has 1 atom stereocenters. The summed E-state index contributed by atoms with van der Waals surface area (Å²) in [7, 11) is 0. The molecule has 0 spiro atoms. The molecule has 0 aliphatic heterocycles. The van der Waals surface area contributed by atoms with E-state index in [9.17, 15) is 4.79 Å². The Kier molecular flexibility index (Phi) is 5.41. The Balaban J connectivity index is 2.63. The Hall–Kier alpha value is -1.10. The monoisotopic (exact) mass is 257 g/mol. The first-order valence-corrected chi connectivity index (χ1v) is 5.81. The van der Waals surface area contributed by atoms with Gasteiger partial charge in [-0.05, 0) is 31.0 Å². The first-order valence-electron chi connectivity index (χ1n) is 5.43. The molecule has 1 amide bonds. The number of carbonyl (C=O) groups excluding carboxylic acids is 1. The average molecular weight is 258 g/mol. The first kappa shape index (κ1) is 14.0. The van der Waals surface area contributed by atoms with Gasteiger partial charge in [0, 0.05) is 0 Å². The lowest BCUT2D eigenvalue weighted by Gasteiger charge is -2.09. The summed E-state index contributed by atoms with van der Waals surface area (Å²) in [6.07, 6.45) is 0.230. The van der Waals surface area contributed by atoms with Crippen molar-refractivity contribution in [3.05, 3.63) is 34.3 Å². The number of aliphatic hydroxyl groups is 1. The SMILES string of the molecule is CCc1ccc(C(=O)NOC[C@@H](C)O)c(Cl)c1. The van der Waals surface area contributed by atoms with Crippen LogP contribution in [0, 0.1) is 0 Å². The van der Waals surface area contributed by atoms with Gasteiger partial charge in [-0.1, -0.05) is 24.6 Å². The number of aliphatic hydroxyl groups excluding tert-OH is 1. The standard InChI is InChI=1S/C12H16ClNO3/c1-3-9-4-5-10(11(13)6-9)12(16)14-17-7-8(2)15/h4-6,8,15H,3,7H2,1-2H3,(H,14,16)/t8-/m1/s1. The van der Waals surface area contributed by atoms with Crippen molar-refractivity contribution in [2.45, 2.75) is 26.4 Å². The third-order valence-corrected chi connectivity index (χ3v) is 2.49. The van der Waals surface area contributed by atoms with Gasteiger partial charge in [-0.15, -0.1) is 0 Å². The van der Waals surface area contributed by atoms with Crippen LogP contribution in [-0.4, -0.2) is 23.7 Å². The second-order valence-electron chi connectivity index (χ2n) is 3.76. The first-order chi connectivity index (χ1) is 8.04. The summed E-state index contributed by atoms with van der Waals surface area (Å²) < 4.78 is 0. The van der Waals surface area contributed by atoms with Crippen LogP contribution < -0.4 is 5.48 Å². The van der Waals surface area contributed by atoms with Crippen LogP contribution in [0.3, 0.4) is 0 Å². The fourth-order valence-electron chi connectivity index (χ4n) is 1.25. The van der Waals surface area contributed by atoms with Gasteiger partial charge >= 0.3 is 0 Å². The smallest absolute Gasteiger partial charge is 0.276 e. The minimum absolute atomic E-state index is 0.0381. The number of rotatable bonds is 5. The van der Waals surface area contributed by atoms with Gasteiger partial charge in [0.15, 0.2) is 0 Å². The summed E-state index contributed by atoms with van der Waals surface area (Å²) >= 11 is 5.98. The van der Waals surface area contributed by atoms with Gasteiger partial charge in [0.2, 0.25) is 0 Å². The van der Waals surface area contributed by atoms with Crippen LogP contribution >= 0.6 is 11.6 Å². The van der Waals surface area contributed by atoms with E-state index < -0.39 is 12.0 Å². The summed E-state index contributed by atoms with van der Waals surface area (Å²) in [6, 6.07) is 5.25. The zero-order chi connectivity index (χ0) is 12.8. The molecule has 0 unspecified atom stereocenters. The quantitative estimate of drug-likeness (QED) is 0.793. The number of carbonyl (C=O) groups is 1. The van der Waals surface area contributed by atoms with Crippen molar-refractivity contribution in [1.29, 1.82) is 0 Å². The Bertz CT molecular complexity index is 393. The van der Waals surface area contributed by atoms with Crippen molar-refractivity contribution >= 4 is 17.5 Å². The molecule has 2 N–H and O–H groups in total. The van der Waals surface area contributed by atoms with Gasteiger partial charge in [0.05, 0.1) is 16.7 Å². The molecule has 0 heterocycles. The van der Waals surface area contributed by atoms with Gasteiger partial charge in [-0.3, -0.25) is 9.63 Å². The van der Waals surface area contributed by atoms with E-state index in [0.29, 0.717) is 10.6 Å². The maximum absolute atomic E-state index is 11.6. The highest BCUT2D eigenvalue weighted by Gasteiger charge is 2.10. The molecule has 4 nitrogen and oxygen atoms in total. The number of amides is 1. The Morgan fingerprint density at radius 2 is 2.29 bits per heavy atom. The normalized spacial score (nSPS) is 12.2. The molecule has 0 saturated heterocycles. The third kappa shape index (κ3) is 4.34. The van der Waals surface area contributed by atoms with Crippen LogP contribution in [0.5, 0.6) is 0 Å². The second-order valence-corrected chi connectivity index (χ2v) is 4.17. The topological polar surface area (TPSA) is 58.6 Å². The molecule has 94 valence electrons. The minimum atomic E-state index is -0.631. The maximum Gasteiger partial charge on any atom is 0.276 e. The summed E-state index contributed by atoms with van der Waals surface area (Å²) in [5.74, 6) is -0.418. The van der Waals surface area contributed by atoms with Crippen molar-refractivity contribution in [3.63, 3.8) is 0 Å². The van der Waals surface area contributed by atoms with Crippen LogP contribution in [0.15, 0.2) is 18.2 Å². The van der Waals surface area contributed by atoms with Gasteiger partial charge in [-0.2, -0.15) is 0 Å². The molecule has 1 rings (SSSR count). The van der Waals surface area contributed by atoms with Gasteiger partial charge in [-0.25, -0.2) is 5.48 Å². The van der Waals surface area contributed by atoms with Gasteiger partial charge < -0.3 is 5.11 Å². The van der Waals surface area contributed by atoms with Crippen molar-refractivity contribution in [2.24, 2.45) is 0 Å². The van der Waals surface area contributed by atoms with E-state index in [1.807, 2.05) is 13.0 Å². The van der Waals surface area contributed by atoms with Crippen LogP contribution in [-0.2, 0) is 11.3 Å². The van der Waals surface area contributed by atoms with E-state index >= 15 is 0 Å². The fraction of sp³-hybridized carbons (Fsp3) is 0.417. The summed E-state index contributed by atoms with van der Waals surface area (Å²) in [5.41, 5.74) is 3.65. The zero-order valence-electron chi connectivity index (χ0n) is 9.87. The number of aryl methyl sites for hydroxylation is 1. The highest BCUT2D eigenvalue weighted by molar-refractivity contribution is 6.33. The molecular formula is C12H16ClNO3. The summed E-state index contributed by atoms with van der Waals surface area (Å²) in [5, 5.41) is 9.35. The van der Waals surface area contributed by atoms with E-state index in [4.69, 9.17) is 21.5 Å². The highest BCUT2D eigenvalue weighted by atomic mass is 35.5. The molecule has 1 aromatic rings. The second kappa shape index (κ2) is 6.59. The van der Waals surface area contributed by atoms with Crippen molar-refractivity contribution < 1.29 is 14.7 Å². The molecule has 17 heavy (non-hydrogen) atoms. The highest BCUT2D eigenvalue weighted by Crippen LogP contribution is 2.18. The number of hydroxylamine groups is 1. The largest absolute Gasteiger partial charge is 0.391 e. The Morgan fingerprint density at radius 3 is 2.82 bits per heavy atom. The Labute approximate surface area is 105 Å². The molecule has 0 saturated carbocycles. The number of halogens is 1. The van der Waals surface area contributed by atoms with Crippen LogP contribution in [0.2, 0.25) is 5.02 Å². The van der Waals surface area contributed by atoms with E-state index in [2.05, 4.69) is 5.48 Å². The molecule has 0 aliphatic rings. The molecule has 0 aromatic heterocycles. The number of hydrogen-bond donors (Lipinski definition) is 2. The predicted octanol–water partition coefficient (Wildman–Crippen LogP) is 1.94. The van der Waals surface area contributed by atoms with Crippen LogP contribution in [0.4, 0.5) is 0 Å². The zero-order valence-corrected chi connectivity index (χ0v) is 10.6. The lowest BCUT2D eigenvalue weighted by atomic mass is 10.1. The van der Waals surface area contributed by atoms with Gasteiger partial charge in [0.25, 0.3) is 5.91 Å². The van der Waals surface area contributed by atoms with E-state index in [0.717, 1.165) is 12.0 Å². The molecule has 1 aromatic carbocycles. The number of hydrogen-bond acceptors (Lipinski definition) is 3. The molecule has 0 bridgehead atoms. The third-order valence-electron chi connectivity index (χ3n) is 2.18. The molecule has 0 radical (unpaired) electrons. The van der Waals surface area contributed by atoms with Crippen LogP contribution in [0.25, 0.3) is 0 Å². The predicted molar refractivity (Wildman–Crippen MR) is 65.9 cm³/mol. The average Bonchev–Trinajstić information content (AvgIpc) is 2.28. The summed E-state index contributed by atoms with van der Waals surface area (Å²) in [6.45, 7) is 3.61. The molecule has 0 fully saturated rings. The summed E-state index contributed by atoms with van der Waals surface area (Å²) in [4.78, 5) is 16.5. The lowest BCUT2D eigenvalue weighted by Crippen LogP contribution is -2.27. The molecule has 0 aliphatic carbocycles. The van der Waals surface area contributed by atoms with Crippen LogP contribution in [0.1, 0.15) is 29.8 Å². The van der Waals surface area contributed by atoms with Crippen molar-refractivity contribution in [1.82, 2.24) is 5.48 Å². The molecular weight excluding hydrogens is 242 g/mol. The number of benzene rings is 1. The van der Waals surface area contributed by atoms with E-state index in [1.54, 1.807) is 19.1 Å². The van der Waals surface area contributed by atoms with E-state index in [1.165, 1.54) is 0 Å². The van der Waals surface area contributed by atoms with E-state index in [-0.39, 0.29) is 6.61 Å². The number of nitrogens with one attached hydrogen (secondary N) is 1. The molecule has 5 heteroatoms. The maximum atomic E-state index is 11.6. The minimum Gasteiger partial charge on any atom is -0.391 e. The van der Waals surface area contributed by atoms with Crippen molar-refractivity contribution in [3.8, 4) is 0 Å². The van der Waals surface area contributed by atoms with Crippen molar-refractivity contribution in [2.75, 3.05) is 6.61 Å². The Morgan fingerprint density at radius 1 is 1.59 bits per heavy atom. The lowest BCUT2D eigenvalue weighted by molar-refractivity contribution is -0.00686. The van der Waals surface area contributed by atoms with Gasteiger partial charge in [0.1, 0.15) is 6.61 Å². The fourth-order valence-corrected chi connectivity index (χ4v) is 1.53.